The molecule has 0 aliphatic rings. The van der Waals surface area contributed by atoms with Crippen molar-refractivity contribution >= 4 is 17.5 Å². The lowest BCUT2D eigenvalue weighted by atomic mass is 9.74. The summed E-state index contributed by atoms with van der Waals surface area (Å²) >= 11 is 0. The van der Waals surface area contributed by atoms with Crippen LogP contribution in [0, 0.1) is 16.7 Å². The van der Waals surface area contributed by atoms with Gasteiger partial charge >= 0.3 is 0 Å². The van der Waals surface area contributed by atoms with Crippen LogP contribution in [-0.4, -0.2) is 18.4 Å². The van der Waals surface area contributed by atoms with Gasteiger partial charge in [0.2, 0.25) is 11.8 Å². The van der Waals surface area contributed by atoms with Crippen molar-refractivity contribution in [2.24, 2.45) is 16.7 Å². The molecular formula is C19H30N2O2. The van der Waals surface area contributed by atoms with Gasteiger partial charge < -0.3 is 10.6 Å². The molecule has 4 heteroatoms. The van der Waals surface area contributed by atoms with Crippen LogP contribution in [0.15, 0.2) is 30.3 Å². The molecule has 1 aromatic carbocycles. The van der Waals surface area contributed by atoms with E-state index in [1.807, 2.05) is 58.0 Å². The molecule has 0 unspecified atom stereocenters. The standard InChI is InChI=1S/C19H30N2O2/c1-14(2)12-20-16(22)18(3,4)13-19(5,6)17(23)21-15-10-8-7-9-11-15/h7-11,14H,12-13H2,1-6H3,(H,20,22)(H,21,23). The van der Waals surface area contributed by atoms with Crippen LogP contribution in [0.4, 0.5) is 5.69 Å². The quantitative estimate of drug-likeness (QED) is 0.802. The van der Waals surface area contributed by atoms with E-state index in [0.717, 1.165) is 5.69 Å². The lowest BCUT2D eigenvalue weighted by molar-refractivity contribution is -0.133. The number of anilines is 1. The van der Waals surface area contributed by atoms with Gasteiger partial charge in [-0.3, -0.25) is 9.59 Å². The summed E-state index contributed by atoms with van der Waals surface area (Å²) in [5, 5.41) is 5.89. The fraction of sp³-hybridized carbons (Fsp3) is 0.579. The van der Waals surface area contributed by atoms with Gasteiger partial charge in [0.15, 0.2) is 0 Å². The predicted octanol–water partition coefficient (Wildman–Crippen LogP) is 3.84. The Morgan fingerprint density at radius 3 is 2.00 bits per heavy atom. The molecule has 1 rings (SSSR count). The van der Waals surface area contributed by atoms with Gasteiger partial charge in [0.1, 0.15) is 0 Å². The van der Waals surface area contributed by atoms with Crippen molar-refractivity contribution in [1.29, 1.82) is 0 Å². The van der Waals surface area contributed by atoms with Crippen LogP contribution in [0.2, 0.25) is 0 Å². The number of amides is 2. The van der Waals surface area contributed by atoms with E-state index >= 15 is 0 Å². The van der Waals surface area contributed by atoms with Crippen LogP contribution in [-0.2, 0) is 9.59 Å². The maximum absolute atomic E-state index is 12.6. The molecule has 4 nitrogen and oxygen atoms in total. The second kappa shape index (κ2) is 7.62. The Bertz CT molecular complexity index is 534. The third kappa shape index (κ3) is 6.05. The second-order valence-electron chi connectivity index (χ2n) is 7.87. The Kier molecular flexibility index (Phi) is 6.37. The number of benzene rings is 1. The van der Waals surface area contributed by atoms with Crippen LogP contribution >= 0.6 is 0 Å². The molecule has 0 saturated heterocycles. The first kappa shape index (κ1) is 19.2. The summed E-state index contributed by atoms with van der Waals surface area (Å²) in [5.74, 6) is 0.323. The minimum atomic E-state index is -0.644. The van der Waals surface area contributed by atoms with Gasteiger partial charge in [-0.15, -0.1) is 0 Å². The van der Waals surface area contributed by atoms with Crippen molar-refractivity contribution in [1.82, 2.24) is 5.32 Å². The molecular weight excluding hydrogens is 288 g/mol. The summed E-state index contributed by atoms with van der Waals surface area (Å²) in [6.07, 6.45) is 0.475. The highest BCUT2D eigenvalue weighted by atomic mass is 16.2. The van der Waals surface area contributed by atoms with E-state index in [1.54, 1.807) is 0 Å². The van der Waals surface area contributed by atoms with Gasteiger partial charge in [-0.1, -0.05) is 59.7 Å². The van der Waals surface area contributed by atoms with E-state index in [2.05, 4.69) is 24.5 Å². The minimum Gasteiger partial charge on any atom is -0.355 e. The van der Waals surface area contributed by atoms with Gasteiger partial charge in [0.25, 0.3) is 0 Å². The first-order valence-corrected chi connectivity index (χ1v) is 8.19. The molecule has 0 fully saturated rings. The molecule has 128 valence electrons. The van der Waals surface area contributed by atoms with Crippen LogP contribution < -0.4 is 10.6 Å². The molecule has 0 aliphatic heterocycles. The number of carbonyl (C=O) groups is 2. The van der Waals surface area contributed by atoms with Crippen LogP contribution in [0.25, 0.3) is 0 Å². The zero-order valence-corrected chi connectivity index (χ0v) is 15.2. The van der Waals surface area contributed by atoms with E-state index in [9.17, 15) is 9.59 Å². The van der Waals surface area contributed by atoms with E-state index in [4.69, 9.17) is 0 Å². The van der Waals surface area contributed by atoms with Crippen molar-refractivity contribution in [3.8, 4) is 0 Å². The topological polar surface area (TPSA) is 58.2 Å². The first-order chi connectivity index (χ1) is 10.5. The summed E-state index contributed by atoms with van der Waals surface area (Å²) in [5.41, 5.74) is -0.478. The summed E-state index contributed by atoms with van der Waals surface area (Å²) < 4.78 is 0. The molecule has 0 spiro atoms. The molecule has 2 amide bonds. The van der Waals surface area contributed by atoms with Gasteiger partial charge in [0.05, 0.1) is 0 Å². The highest BCUT2D eigenvalue weighted by Crippen LogP contribution is 2.35. The Balaban J connectivity index is 2.71. The summed E-state index contributed by atoms with van der Waals surface area (Å²) in [6.45, 7) is 12.3. The maximum Gasteiger partial charge on any atom is 0.230 e. The van der Waals surface area contributed by atoms with Gasteiger partial charge in [0, 0.05) is 23.1 Å². The van der Waals surface area contributed by atoms with Crippen molar-refractivity contribution < 1.29 is 9.59 Å². The van der Waals surface area contributed by atoms with E-state index in [0.29, 0.717) is 18.9 Å². The van der Waals surface area contributed by atoms with Crippen molar-refractivity contribution in [2.45, 2.75) is 48.0 Å². The van der Waals surface area contributed by atoms with Crippen molar-refractivity contribution in [2.75, 3.05) is 11.9 Å². The summed E-state index contributed by atoms with van der Waals surface area (Å²) in [4.78, 5) is 24.9. The fourth-order valence-corrected chi connectivity index (χ4v) is 2.62. The second-order valence-corrected chi connectivity index (χ2v) is 7.87. The monoisotopic (exact) mass is 318 g/mol. The minimum absolute atomic E-state index is 0.00761. The molecule has 0 heterocycles. The number of carbonyl (C=O) groups excluding carboxylic acids is 2. The molecule has 1 aromatic rings. The first-order valence-electron chi connectivity index (χ1n) is 8.19. The number of hydrogen-bond donors (Lipinski definition) is 2. The molecule has 2 N–H and O–H groups in total. The Labute approximate surface area is 140 Å². The number of para-hydroxylation sites is 1. The Morgan fingerprint density at radius 1 is 0.957 bits per heavy atom. The average Bonchev–Trinajstić information content (AvgIpc) is 2.44. The normalized spacial score (nSPS) is 12.1. The van der Waals surface area contributed by atoms with E-state index < -0.39 is 10.8 Å². The lowest BCUT2D eigenvalue weighted by Gasteiger charge is -2.33. The molecule has 0 atom stereocenters. The number of hydrogen-bond acceptors (Lipinski definition) is 2. The molecule has 0 aliphatic carbocycles. The highest BCUT2D eigenvalue weighted by Gasteiger charge is 2.38. The summed E-state index contributed by atoms with van der Waals surface area (Å²) in [6, 6.07) is 9.38. The fourth-order valence-electron chi connectivity index (χ4n) is 2.62. The molecule has 0 radical (unpaired) electrons. The smallest absolute Gasteiger partial charge is 0.230 e. The Morgan fingerprint density at radius 2 is 1.48 bits per heavy atom. The predicted molar refractivity (Wildman–Crippen MR) is 95.1 cm³/mol. The highest BCUT2D eigenvalue weighted by molar-refractivity contribution is 5.95. The van der Waals surface area contributed by atoms with Crippen LogP contribution in [0.3, 0.4) is 0 Å². The third-order valence-electron chi connectivity index (χ3n) is 3.82. The largest absolute Gasteiger partial charge is 0.355 e. The average molecular weight is 318 g/mol. The molecule has 0 aromatic heterocycles. The van der Waals surface area contributed by atoms with E-state index in [1.165, 1.54) is 0 Å². The molecule has 0 saturated carbocycles. The van der Waals surface area contributed by atoms with Crippen LogP contribution in [0.1, 0.15) is 48.0 Å². The zero-order valence-electron chi connectivity index (χ0n) is 15.2. The lowest BCUT2D eigenvalue weighted by Crippen LogP contribution is -2.43. The molecule has 0 bridgehead atoms. The maximum atomic E-state index is 12.6. The number of rotatable bonds is 7. The zero-order chi connectivity index (χ0) is 17.7. The Hall–Kier alpha value is -1.84. The SMILES string of the molecule is CC(C)CNC(=O)C(C)(C)CC(C)(C)C(=O)Nc1ccccc1. The number of nitrogens with one attached hydrogen (secondary N) is 2. The summed E-state index contributed by atoms with van der Waals surface area (Å²) in [7, 11) is 0. The van der Waals surface area contributed by atoms with E-state index in [-0.39, 0.29) is 11.8 Å². The third-order valence-corrected chi connectivity index (χ3v) is 3.82. The van der Waals surface area contributed by atoms with Crippen molar-refractivity contribution in [3.63, 3.8) is 0 Å². The van der Waals surface area contributed by atoms with Crippen LogP contribution in [0.5, 0.6) is 0 Å². The van der Waals surface area contributed by atoms with Gasteiger partial charge in [-0.2, -0.15) is 0 Å². The molecule has 23 heavy (non-hydrogen) atoms. The van der Waals surface area contributed by atoms with Crippen molar-refractivity contribution in [3.05, 3.63) is 30.3 Å². The van der Waals surface area contributed by atoms with Gasteiger partial charge in [-0.25, -0.2) is 0 Å². The van der Waals surface area contributed by atoms with Gasteiger partial charge in [-0.05, 0) is 24.5 Å².